The lowest BCUT2D eigenvalue weighted by Gasteiger charge is -2.07. The van der Waals surface area contributed by atoms with Gasteiger partial charge in [0.05, 0.1) is 12.2 Å². The summed E-state index contributed by atoms with van der Waals surface area (Å²) in [4.78, 5) is 24.6. The van der Waals surface area contributed by atoms with E-state index in [9.17, 15) is 9.59 Å². The van der Waals surface area contributed by atoms with Crippen molar-refractivity contribution in [1.82, 2.24) is 0 Å². The molecule has 0 spiro atoms. The molecule has 0 bridgehead atoms. The molecule has 5 nitrogen and oxygen atoms in total. The predicted octanol–water partition coefficient (Wildman–Crippen LogP) is 2.16. The van der Waals surface area contributed by atoms with E-state index in [1.807, 2.05) is 6.92 Å². The minimum Gasteiger partial charge on any atom is -0.462 e. The van der Waals surface area contributed by atoms with Crippen LogP contribution in [0.1, 0.15) is 42.4 Å². The second-order valence-electron chi connectivity index (χ2n) is 4.26. The molecule has 0 saturated heterocycles. The molecule has 1 heterocycles. The second-order valence-corrected chi connectivity index (χ2v) is 5.40. The van der Waals surface area contributed by atoms with Crippen molar-refractivity contribution in [3.63, 3.8) is 0 Å². The van der Waals surface area contributed by atoms with Crippen molar-refractivity contribution in [2.75, 3.05) is 11.9 Å². The van der Waals surface area contributed by atoms with Gasteiger partial charge in [-0.25, -0.2) is 4.79 Å². The average molecular weight is 284 g/mol. The molecule has 106 valence electrons. The maximum Gasteiger partial charge on any atom is 0.341 e. The summed E-state index contributed by atoms with van der Waals surface area (Å²) in [6.45, 7) is 5.81. The summed E-state index contributed by atoms with van der Waals surface area (Å²) in [5.74, 6) is -0.598. The predicted molar refractivity (Wildman–Crippen MR) is 76.5 cm³/mol. The third-order valence-corrected chi connectivity index (χ3v) is 3.58. The lowest BCUT2D eigenvalue weighted by atomic mass is 10.2. The SMILES string of the molecule is CCOC(=O)c1cc(CC)sc1NC(=O)CC(C)N. The summed E-state index contributed by atoms with van der Waals surface area (Å²) < 4.78 is 4.98. The smallest absolute Gasteiger partial charge is 0.341 e. The summed E-state index contributed by atoms with van der Waals surface area (Å²) in [6, 6.07) is 1.56. The summed E-state index contributed by atoms with van der Waals surface area (Å²) in [7, 11) is 0. The van der Waals surface area contributed by atoms with Crippen molar-refractivity contribution in [2.24, 2.45) is 5.73 Å². The van der Waals surface area contributed by atoms with Gasteiger partial charge in [0.25, 0.3) is 0 Å². The van der Waals surface area contributed by atoms with Gasteiger partial charge < -0.3 is 15.8 Å². The number of thiophene rings is 1. The second kappa shape index (κ2) is 7.25. The molecule has 0 radical (unpaired) electrons. The zero-order valence-corrected chi connectivity index (χ0v) is 12.3. The molecule has 1 aromatic rings. The van der Waals surface area contributed by atoms with Crippen LogP contribution in [0, 0.1) is 0 Å². The lowest BCUT2D eigenvalue weighted by Crippen LogP contribution is -2.24. The van der Waals surface area contributed by atoms with Crippen LogP contribution < -0.4 is 11.1 Å². The van der Waals surface area contributed by atoms with Crippen LogP contribution in [-0.2, 0) is 16.0 Å². The molecule has 0 aliphatic carbocycles. The molecule has 0 aliphatic rings. The number of ether oxygens (including phenoxy) is 1. The van der Waals surface area contributed by atoms with Gasteiger partial charge >= 0.3 is 5.97 Å². The highest BCUT2D eigenvalue weighted by Gasteiger charge is 2.18. The van der Waals surface area contributed by atoms with Crippen LogP contribution in [-0.4, -0.2) is 24.5 Å². The highest BCUT2D eigenvalue weighted by molar-refractivity contribution is 7.16. The van der Waals surface area contributed by atoms with Gasteiger partial charge in [0.15, 0.2) is 0 Å². The number of hydrogen-bond acceptors (Lipinski definition) is 5. The average Bonchev–Trinajstić information content (AvgIpc) is 2.71. The van der Waals surface area contributed by atoms with Crippen molar-refractivity contribution in [3.05, 3.63) is 16.5 Å². The minimum atomic E-state index is -0.408. The van der Waals surface area contributed by atoms with Gasteiger partial charge in [-0.2, -0.15) is 0 Å². The molecule has 0 fully saturated rings. The number of anilines is 1. The molecule has 1 atom stereocenters. The summed E-state index contributed by atoms with van der Waals surface area (Å²) in [6.07, 6.45) is 1.03. The fraction of sp³-hybridized carbons (Fsp3) is 0.538. The molecule has 19 heavy (non-hydrogen) atoms. The molecule has 1 amide bonds. The Morgan fingerprint density at radius 2 is 2.16 bits per heavy atom. The molecular weight excluding hydrogens is 264 g/mol. The van der Waals surface area contributed by atoms with Crippen molar-refractivity contribution < 1.29 is 14.3 Å². The van der Waals surface area contributed by atoms with Crippen LogP contribution in [0.25, 0.3) is 0 Å². The molecule has 1 unspecified atom stereocenters. The number of carbonyl (C=O) groups is 2. The van der Waals surface area contributed by atoms with Crippen LogP contribution in [0.3, 0.4) is 0 Å². The van der Waals surface area contributed by atoms with Gasteiger partial charge in [-0.3, -0.25) is 4.79 Å². The van der Waals surface area contributed by atoms with Crippen molar-refractivity contribution in [1.29, 1.82) is 0 Å². The number of rotatable bonds is 6. The maximum atomic E-state index is 11.8. The van der Waals surface area contributed by atoms with E-state index in [0.29, 0.717) is 17.2 Å². The van der Waals surface area contributed by atoms with E-state index in [2.05, 4.69) is 5.32 Å². The maximum absolute atomic E-state index is 11.8. The first kappa shape index (κ1) is 15.7. The summed E-state index contributed by atoms with van der Waals surface area (Å²) in [5, 5.41) is 3.28. The molecular formula is C13H20N2O3S. The molecule has 0 saturated carbocycles. The highest BCUT2D eigenvalue weighted by Crippen LogP contribution is 2.29. The van der Waals surface area contributed by atoms with Gasteiger partial charge in [-0.15, -0.1) is 11.3 Å². The molecule has 3 N–H and O–H groups in total. The van der Waals surface area contributed by atoms with Crippen LogP contribution >= 0.6 is 11.3 Å². The standard InChI is InChI=1S/C13H20N2O3S/c1-4-9-7-10(13(17)18-5-2)12(19-9)15-11(16)6-8(3)14/h7-8H,4-6,14H2,1-3H3,(H,15,16). The Morgan fingerprint density at radius 1 is 1.47 bits per heavy atom. The monoisotopic (exact) mass is 284 g/mol. The first-order valence-electron chi connectivity index (χ1n) is 6.33. The molecule has 0 aromatic carbocycles. The third-order valence-electron chi connectivity index (χ3n) is 2.39. The Hall–Kier alpha value is -1.40. The van der Waals surface area contributed by atoms with Crippen molar-refractivity contribution in [3.8, 4) is 0 Å². The van der Waals surface area contributed by atoms with Crippen molar-refractivity contribution >= 4 is 28.2 Å². The molecule has 0 aliphatic heterocycles. The molecule has 1 aromatic heterocycles. The number of esters is 1. The minimum absolute atomic E-state index is 0.190. The van der Waals surface area contributed by atoms with Crippen molar-refractivity contribution in [2.45, 2.75) is 39.7 Å². The molecule has 6 heteroatoms. The lowest BCUT2D eigenvalue weighted by molar-refractivity contribution is -0.116. The van der Waals surface area contributed by atoms with Crippen LogP contribution in [0.2, 0.25) is 0 Å². The fourth-order valence-electron chi connectivity index (χ4n) is 1.54. The quantitative estimate of drug-likeness (QED) is 0.784. The van der Waals surface area contributed by atoms with Gasteiger partial charge in [0.1, 0.15) is 5.00 Å². The van der Waals surface area contributed by atoms with Crippen LogP contribution in [0.4, 0.5) is 5.00 Å². The van der Waals surface area contributed by atoms with Gasteiger partial charge in [0.2, 0.25) is 5.91 Å². The Balaban J connectivity index is 2.89. The van der Waals surface area contributed by atoms with E-state index >= 15 is 0 Å². The number of aryl methyl sites for hydroxylation is 1. The van der Waals surface area contributed by atoms with Gasteiger partial charge in [-0.05, 0) is 26.3 Å². The van der Waals surface area contributed by atoms with Gasteiger partial charge in [-0.1, -0.05) is 6.92 Å². The number of nitrogens with two attached hydrogens (primary N) is 1. The number of carbonyl (C=O) groups excluding carboxylic acids is 2. The first-order valence-corrected chi connectivity index (χ1v) is 7.14. The number of hydrogen-bond donors (Lipinski definition) is 2. The summed E-state index contributed by atoms with van der Waals surface area (Å²) >= 11 is 1.40. The third kappa shape index (κ3) is 4.65. The largest absolute Gasteiger partial charge is 0.462 e. The Bertz CT molecular complexity index is 455. The van der Waals surface area contributed by atoms with E-state index in [-0.39, 0.29) is 18.4 Å². The highest BCUT2D eigenvalue weighted by atomic mass is 32.1. The zero-order chi connectivity index (χ0) is 14.4. The zero-order valence-electron chi connectivity index (χ0n) is 11.5. The first-order chi connectivity index (χ1) is 8.97. The summed E-state index contributed by atoms with van der Waals surface area (Å²) in [5.41, 5.74) is 5.99. The Morgan fingerprint density at radius 3 is 2.68 bits per heavy atom. The van der Waals surface area contributed by atoms with E-state index < -0.39 is 5.97 Å². The van der Waals surface area contributed by atoms with E-state index in [1.165, 1.54) is 11.3 Å². The van der Waals surface area contributed by atoms with Gasteiger partial charge in [0, 0.05) is 17.3 Å². The topological polar surface area (TPSA) is 81.4 Å². The van der Waals surface area contributed by atoms with E-state index in [0.717, 1.165) is 11.3 Å². The normalized spacial score (nSPS) is 12.0. The van der Waals surface area contributed by atoms with E-state index in [1.54, 1.807) is 19.9 Å². The van der Waals surface area contributed by atoms with Crippen LogP contribution in [0.15, 0.2) is 6.07 Å². The Kier molecular flexibility index (Phi) is 5.98. The Labute approximate surface area is 117 Å². The molecule has 1 rings (SSSR count). The van der Waals surface area contributed by atoms with E-state index in [4.69, 9.17) is 10.5 Å². The number of nitrogens with one attached hydrogen (secondary N) is 1. The van der Waals surface area contributed by atoms with Crippen LogP contribution in [0.5, 0.6) is 0 Å². The number of amides is 1. The fourth-order valence-corrected chi connectivity index (χ4v) is 2.54.